The largest absolute Gasteiger partial charge is 0.413 e. The summed E-state index contributed by atoms with van der Waals surface area (Å²) in [6.07, 6.45) is -0.396. The number of nitrogens with one attached hydrogen (secondary N) is 2. The summed E-state index contributed by atoms with van der Waals surface area (Å²) in [6, 6.07) is 7.25. The predicted octanol–water partition coefficient (Wildman–Crippen LogP) is 0.934. The number of hydrogen-bond acceptors (Lipinski definition) is 4. The third-order valence-electron chi connectivity index (χ3n) is 2.97. The van der Waals surface area contributed by atoms with Crippen molar-refractivity contribution in [1.29, 1.82) is 0 Å². The van der Waals surface area contributed by atoms with Gasteiger partial charge in [-0.25, -0.2) is 4.79 Å². The van der Waals surface area contributed by atoms with Crippen LogP contribution in [0.1, 0.15) is 26.7 Å². The molecule has 4 N–H and O–H groups in total. The maximum Gasteiger partial charge on any atom is 0.413 e. The maximum atomic E-state index is 12.0. The van der Waals surface area contributed by atoms with Gasteiger partial charge in [0.2, 0.25) is 11.8 Å². The second kappa shape index (κ2) is 8.66. The van der Waals surface area contributed by atoms with Crippen molar-refractivity contribution in [2.24, 2.45) is 5.73 Å². The van der Waals surface area contributed by atoms with Crippen LogP contribution in [0.25, 0.3) is 0 Å². The lowest BCUT2D eigenvalue weighted by Crippen LogP contribution is -2.51. The summed E-state index contributed by atoms with van der Waals surface area (Å²) in [6.45, 7) is 3.73. The van der Waals surface area contributed by atoms with E-state index in [9.17, 15) is 14.4 Å². The van der Waals surface area contributed by atoms with Crippen LogP contribution < -0.4 is 21.1 Å². The number of nitrogens with two attached hydrogens (primary N) is 1. The normalized spacial score (nSPS) is 12.8. The average Bonchev–Trinajstić information content (AvgIpc) is 2.46. The fourth-order valence-corrected chi connectivity index (χ4v) is 1.62. The molecule has 0 aliphatic carbocycles. The van der Waals surface area contributed by atoms with Gasteiger partial charge in [0.05, 0.1) is 6.42 Å². The summed E-state index contributed by atoms with van der Waals surface area (Å²) < 4.78 is 5.03. The van der Waals surface area contributed by atoms with Gasteiger partial charge in [-0.2, -0.15) is 0 Å². The van der Waals surface area contributed by atoms with Crippen LogP contribution >= 0.6 is 0 Å². The zero-order valence-corrected chi connectivity index (χ0v) is 12.7. The summed E-state index contributed by atoms with van der Waals surface area (Å²) in [5.41, 5.74) is 5.11. The summed E-state index contributed by atoms with van der Waals surface area (Å²) in [5, 5.41) is 5.04. The quantitative estimate of drug-likeness (QED) is 0.696. The van der Waals surface area contributed by atoms with Crippen molar-refractivity contribution < 1.29 is 19.1 Å². The van der Waals surface area contributed by atoms with E-state index in [2.05, 4.69) is 10.6 Å². The molecule has 3 amide bonds. The molecule has 1 rings (SSSR count). The molecule has 0 aliphatic rings. The highest BCUT2D eigenvalue weighted by atomic mass is 16.6. The van der Waals surface area contributed by atoms with Crippen LogP contribution in [0.15, 0.2) is 30.3 Å². The molecule has 7 heteroatoms. The fraction of sp³-hybridized carbons (Fsp3) is 0.400. The van der Waals surface area contributed by atoms with Crippen molar-refractivity contribution >= 4 is 17.9 Å². The maximum absolute atomic E-state index is 12.0. The lowest BCUT2D eigenvalue weighted by molar-refractivity contribution is -0.127. The van der Waals surface area contributed by atoms with E-state index in [1.165, 1.54) is 0 Å². The third-order valence-corrected chi connectivity index (χ3v) is 2.97. The number of carbonyl (C=O) groups is 3. The summed E-state index contributed by atoms with van der Waals surface area (Å²) in [7, 11) is 0. The third kappa shape index (κ3) is 6.25. The fourth-order valence-electron chi connectivity index (χ4n) is 1.62. The Hall–Kier alpha value is -2.57. The van der Waals surface area contributed by atoms with Crippen molar-refractivity contribution in [3.63, 3.8) is 0 Å². The van der Waals surface area contributed by atoms with Crippen LogP contribution in [0.2, 0.25) is 0 Å². The molecule has 0 saturated carbocycles. The zero-order valence-electron chi connectivity index (χ0n) is 12.7. The second-order valence-corrected chi connectivity index (χ2v) is 4.89. The van der Waals surface area contributed by atoms with Gasteiger partial charge in [0, 0.05) is 6.04 Å². The van der Waals surface area contributed by atoms with Crippen molar-refractivity contribution in [3.8, 4) is 5.75 Å². The van der Waals surface area contributed by atoms with Crippen LogP contribution in [-0.2, 0) is 9.59 Å². The van der Waals surface area contributed by atoms with E-state index in [-0.39, 0.29) is 12.5 Å². The molecule has 0 heterocycles. The van der Waals surface area contributed by atoms with Gasteiger partial charge in [0.15, 0.2) is 0 Å². The highest BCUT2D eigenvalue weighted by molar-refractivity contribution is 5.90. The van der Waals surface area contributed by atoms with Crippen LogP contribution in [0.5, 0.6) is 5.75 Å². The van der Waals surface area contributed by atoms with E-state index in [1.807, 2.05) is 13.8 Å². The van der Waals surface area contributed by atoms with Crippen LogP contribution in [-0.4, -0.2) is 30.0 Å². The molecule has 0 saturated heterocycles. The molecule has 1 aromatic rings. The Balaban J connectivity index is 2.65. The van der Waals surface area contributed by atoms with Crippen molar-refractivity contribution in [2.75, 3.05) is 0 Å². The van der Waals surface area contributed by atoms with Crippen molar-refractivity contribution in [3.05, 3.63) is 30.3 Å². The molecule has 1 aromatic carbocycles. The Morgan fingerprint density at radius 2 is 1.82 bits per heavy atom. The molecule has 0 spiro atoms. The first-order valence-electron chi connectivity index (χ1n) is 7.04. The Labute approximate surface area is 129 Å². The monoisotopic (exact) mass is 307 g/mol. The zero-order chi connectivity index (χ0) is 16.5. The van der Waals surface area contributed by atoms with Crippen LogP contribution in [0.4, 0.5) is 4.79 Å². The molecule has 0 radical (unpaired) electrons. The van der Waals surface area contributed by atoms with E-state index in [1.54, 1.807) is 30.3 Å². The van der Waals surface area contributed by atoms with Gasteiger partial charge in [-0.15, -0.1) is 0 Å². The van der Waals surface area contributed by atoms with Gasteiger partial charge < -0.3 is 21.1 Å². The number of ether oxygens (including phenoxy) is 1. The Morgan fingerprint density at radius 1 is 1.18 bits per heavy atom. The molecule has 0 aromatic heterocycles. The van der Waals surface area contributed by atoms with Crippen LogP contribution in [0.3, 0.4) is 0 Å². The smallest absolute Gasteiger partial charge is 0.410 e. The number of primary amides is 1. The van der Waals surface area contributed by atoms with Crippen LogP contribution in [0, 0.1) is 0 Å². The minimum atomic E-state index is -1.07. The SMILES string of the molecule is CCC(C)NC(=O)C(CC(N)=O)NC(=O)Oc1ccccc1. The Morgan fingerprint density at radius 3 is 2.36 bits per heavy atom. The number of carbonyl (C=O) groups excluding carboxylic acids is 3. The van der Waals surface area contributed by atoms with E-state index >= 15 is 0 Å². The van der Waals surface area contributed by atoms with Gasteiger partial charge in [-0.3, -0.25) is 9.59 Å². The minimum Gasteiger partial charge on any atom is -0.410 e. The topological polar surface area (TPSA) is 111 Å². The molecule has 0 fully saturated rings. The van der Waals surface area contributed by atoms with E-state index in [0.717, 1.165) is 6.42 Å². The Bertz CT molecular complexity index is 519. The molecule has 7 nitrogen and oxygen atoms in total. The van der Waals surface area contributed by atoms with E-state index < -0.39 is 23.9 Å². The summed E-state index contributed by atoms with van der Waals surface area (Å²) in [4.78, 5) is 34.9. The first kappa shape index (κ1) is 17.5. The van der Waals surface area contributed by atoms with Gasteiger partial charge in [-0.05, 0) is 25.5 Å². The van der Waals surface area contributed by atoms with Gasteiger partial charge >= 0.3 is 6.09 Å². The standard InChI is InChI=1S/C15H21N3O4/c1-3-10(2)17-14(20)12(9-13(16)19)18-15(21)22-11-7-5-4-6-8-11/h4-8,10,12H,3,9H2,1-2H3,(H2,16,19)(H,17,20)(H,18,21). The van der Waals surface area contributed by atoms with E-state index in [4.69, 9.17) is 10.5 Å². The second-order valence-electron chi connectivity index (χ2n) is 4.89. The average molecular weight is 307 g/mol. The van der Waals surface area contributed by atoms with Gasteiger partial charge in [0.1, 0.15) is 11.8 Å². The van der Waals surface area contributed by atoms with Crippen molar-refractivity contribution in [1.82, 2.24) is 10.6 Å². The molecule has 2 unspecified atom stereocenters. The number of amides is 3. The Kier molecular flexibility index (Phi) is 6.88. The molecule has 120 valence electrons. The highest BCUT2D eigenvalue weighted by Gasteiger charge is 2.24. The molecule has 0 aliphatic heterocycles. The lowest BCUT2D eigenvalue weighted by atomic mass is 10.1. The van der Waals surface area contributed by atoms with Gasteiger partial charge in [0.25, 0.3) is 0 Å². The molecule has 2 atom stereocenters. The lowest BCUT2D eigenvalue weighted by Gasteiger charge is -2.19. The number of para-hydroxylation sites is 1. The molecular weight excluding hydrogens is 286 g/mol. The minimum absolute atomic E-state index is 0.0742. The number of rotatable bonds is 7. The molecular formula is C15H21N3O4. The molecule has 22 heavy (non-hydrogen) atoms. The van der Waals surface area contributed by atoms with Gasteiger partial charge in [-0.1, -0.05) is 25.1 Å². The summed E-state index contributed by atoms with van der Waals surface area (Å²) >= 11 is 0. The predicted molar refractivity (Wildman–Crippen MR) is 81.1 cm³/mol. The summed E-state index contributed by atoms with van der Waals surface area (Å²) in [5.74, 6) is -0.831. The van der Waals surface area contributed by atoms with E-state index in [0.29, 0.717) is 5.75 Å². The van der Waals surface area contributed by atoms with Crippen molar-refractivity contribution in [2.45, 2.75) is 38.8 Å². The number of benzene rings is 1. The highest BCUT2D eigenvalue weighted by Crippen LogP contribution is 2.08. The first-order chi connectivity index (χ1) is 10.4. The first-order valence-corrected chi connectivity index (χ1v) is 7.04. The molecule has 0 bridgehead atoms. The number of hydrogen-bond donors (Lipinski definition) is 3.